The van der Waals surface area contributed by atoms with Crippen LogP contribution in [0.2, 0.25) is 0 Å². The molecule has 3 N–H and O–H groups in total. The Morgan fingerprint density at radius 1 is 1.03 bits per heavy atom. The second-order valence-corrected chi connectivity index (χ2v) is 6.72. The fourth-order valence-electron chi connectivity index (χ4n) is 3.18. The van der Waals surface area contributed by atoms with Crippen molar-refractivity contribution in [2.24, 2.45) is 5.73 Å². The zero-order chi connectivity index (χ0) is 18.4. The average Bonchev–Trinajstić information content (AvgIpc) is 3.17. The fourth-order valence-corrected chi connectivity index (χ4v) is 3.18. The van der Waals surface area contributed by atoms with Crippen molar-refractivity contribution in [1.29, 1.82) is 0 Å². The summed E-state index contributed by atoms with van der Waals surface area (Å²) >= 11 is 0. The Kier molecular flexibility index (Phi) is 13.2. The Morgan fingerprint density at radius 3 is 2.17 bits per heavy atom. The molecule has 6 nitrogen and oxygen atoms in total. The molecule has 1 amide bonds. The summed E-state index contributed by atoms with van der Waals surface area (Å²) in [6.07, 6.45) is 1.44. The van der Waals surface area contributed by atoms with E-state index in [-0.39, 0.29) is 43.1 Å². The van der Waals surface area contributed by atoms with Crippen molar-refractivity contribution in [3.8, 4) is 0 Å². The summed E-state index contributed by atoms with van der Waals surface area (Å²) in [5.74, 6) is 0.464. The van der Waals surface area contributed by atoms with Gasteiger partial charge < -0.3 is 20.4 Å². The van der Waals surface area contributed by atoms with E-state index >= 15 is 0 Å². The number of nitrogens with two attached hydrogens (primary N) is 1. The highest BCUT2D eigenvalue weighted by atomic mass is 35.5. The van der Waals surface area contributed by atoms with Gasteiger partial charge in [0.2, 0.25) is 0 Å². The highest BCUT2D eigenvalue weighted by Crippen LogP contribution is 2.11. The van der Waals surface area contributed by atoms with Crippen molar-refractivity contribution in [3.63, 3.8) is 0 Å². The first-order valence-electron chi connectivity index (χ1n) is 9.26. The highest BCUT2D eigenvalue weighted by molar-refractivity contribution is 5.93. The first kappa shape index (κ1) is 27.7. The smallest absolute Gasteiger partial charge is 0.254 e. The SMILES string of the molecule is CCN1CCN(Cc2ccc(CNC(=O)c3coc(CN)c3)cc2)CC1.Cl.Cl.Cl. The molecule has 0 saturated carbocycles. The maximum absolute atomic E-state index is 12.1. The Morgan fingerprint density at radius 2 is 1.62 bits per heavy atom. The molecule has 2 aromatic rings. The quantitative estimate of drug-likeness (QED) is 0.657. The summed E-state index contributed by atoms with van der Waals surface area (Å²) in [6.45, 7) is 9.70. The van der Waals surface area contributed by atoms with Crippen LogP contribution in [0.5, 0.6) is 0 Å². The van der Waals surface area contributed by atoms with Crippen LogP contribution in [0.3, 0.4) is 0 Å². The number of carbonyl (C=O) groups is 1. The Bertz CT molecular complexity index is 717. The van der Waals surface area contributed by atoms with E-state index in [2.05, 4.69) is 46.3 Å². The largest absolute Gasteiger partial charge is 0.467 e. The molecule has 0 aliphatic carbocycles. The molecular formula is C20H31Cl3N4O2. The number of carbonyl (C=O) groups excluding carboxylic acids is 1. The van der Waals surface area contributed by atoms with Gasteiger partial charge in [-0.3, -0.25) is 9.69 Å². The molecule has 0 atom stereocenters. The molecule has 0 bridgehead atoms. The van der Waals surface area contributed by atoms with Gasteiger partial charge in [-0.05, 0) is 23.7 Å². The summed E-state index contributed by atoms with van der Waals surface area (Å²) in [4.78, 5) is 17.1. The minimum Gasteiger partial charge on any atom is -0.467 e. The summed E-state index contributed by atoms with van der Waals surface area (Å²) in [5.41, 5.74) is 8.40. The van der Waals surface area contributed by atoms with Crippen LogP contribution in [-0.4, -0.2) is 48.4 Å². The van der Waals surface area contributed by atoms with Crippen molar-refractivity contribution >= 4 is 43.1 Å². The number of rotatable bonds is 7. The number of amides is 1. The third-order valence-corrected chi connectivity index (χ3v) is 4.91. The van der Waals surface area contributed by atoms with Gasteiger partial charge in [-0.15, -0.1) is 37.2 Å². The minimum atomic E-state index is -0.147. The highest BCUT2D eigenvalue weighted by Gasteiger charge is 2.15. The molecule has 1 aromatic heterocycles. The van der Waals surface area contributed by atoms with Crippen LogP contribution in [0.15, 0.2) is 41.0 Å². The molecule has 0 spiro atoms. The van der Waals surface area contributed by atoms with E-state index in [1.165, 1.54) is 11.8 Å². The summed E-state index contributed by atoms with van der Waals surface area (Å²) in [6, 6.07) is 10.1. The van der Waals surface area contributed by atoms with Gasteiger partial charge >= 0.3 is 0 Å². The van der Waals surface area contributed by atoms with Gasteiger partial charge in [0.05, 0.1) is 12.1 Å². The molecule has 2 heterocycles. The minimum absolute atomic E-state index is 0. The van der Waals surface area contributed by atoms with Crippen molar-refractivity contribution in [2.45, 2.75) is 26.6 Å². The van der Waals surface area contributed by atoms with Gasteiger partial charge in [0.15, 0.2) is 0 Å². The van der Waals surface area contributed by atoms with Gasteiger partial charge in [-0.2, -0.15) is 0 Å². The summed E-state index contributed by atoms with van der Waals surface area (Å²) < 4.78 is 5.20. The Balaban J connectivity index is 0.00000261. The van der Waals surface area contributed by atoms with Crippen molar-refractivity contribution < 1.29 is 9.21 Å². The number of nitrogens with one attached hydrogen (secondary N) is 1. The molecule has 1 aliphatic rings. The van der Waals surface area contributed by atoms with Crippen molar-refractivity contribution in [1.82, 2.24) is 15.1 Å². The first-order valence-corrected chi connectivity index (χ1v) is 9.26. The standard InChI is InChI=1S/C20H28N4O2.3ClH/c1-2-23-7-9-24(10-8-23)14-17-5-3-16(4-6-17)13-22-20(25)18-11-19(12-21)26-15-18;;;/h3-6,11,15H,2,7-10,12-14,21H2,1H3,(H,22,25);3*1H. The topological polar surface area (TPSA) is 74.7 Å². The van der Waals surface area contributed by atoms with E-state index in [0.717, 1.165) is 44.8 Å². The molecule has 1 saturated heterocycles. The predicted molar refractivity (Wildman–Crippen MR) is 123 cm³/mol. The van der Waals surface area contributed by atoms with Crippen molar-refractivity contribution in [3.05, 3.63) is 59.0 Å². The zero-order valence-electron chi connectivity index (χ0n) is 16.6. The van der Waals surface area contributed by atoms with E-state index < -0.39 is 0 Å². The summed E-state index contributed by atoms with van der Waals surface area (Å²) in [7, 11) is 0. The zero-order valence-corrected chi connectivity index (χ0v) is 19.1. The van der Waals surface area contributed by atoms with Gasteiger partial charge in [0, 0.05) is 39.3 Å². The van der Waals surface area contributed by atoms with Crippen LogP contribution in [0, 0.1) is 0 Å². The first-order chi connectivity index (χ1) is 12.7. The Labute approximate surface area is 191 Å². The number of likely N-dealkylation sites (N-methyl/N-ethyl adjacent to an activating group) is 1. The lowest BCUT2D eigenvalue weighted by molar-refractivity contribution is 0.0950. The number of piperazine rings is 1. The second kappa shape index (κ2) is 13.9. The third kappa shape index (κ3) is 8.16. The molecule has 0 unspecified atom stereocenters. The molecule has 9 heteroatoms. The van der Waals surface area contributed by atoms with Crippen LogP contribution in [0.25, 0.3) is 0 Å². The van der Waals surface area contributed by atoms with Gasteiger partial charge in [0.25, 0.3) is 5.91 Å². The van der Waals surface area contributed by atoms with Gasteiger partial charge in [-0.25, -0.2) is 0 Å². The lowest BCUT2D eigenvalue weighted by atomic mass is 10.1. The van der Waals surface area contributed by atoms with Crippen LogP contribution < -0.4 is 11.1 Å². The maximum atomic E-state index is 12.1. The Hall–Kier alpha value is -1.28. The number of hydrogen-bond acceptors (Lipinski definition) is 5. The fraction of sp³-hybridized carbons (Fsp3) is 0.450. The third-order valence-electron chi connectivity index (χ3n) is 4.91. The average molecular weight is 466 g/mol. The summed E-state index contributed by atoms with van der Waals surface area (Å²) in [5, 5.41) is 2.91. The van der Waals surface area contributed by atoms with Gasteiger partial charge in [-0.1, -0.05) is 31.2 Å². The molecule has 1 aliphatic heterocycles. The monoisotopic (exact) mass is 464 g/mol. The second-order valence-electron chi connectivity index (χ2n) is 6.72. The maximum Gasteiger partial charge on any atom is 0.254 e. The molecule has 29 heavy (non-hydrogen) atoms. The number of hydrogen-bond donors (Lipinski definition) is 2. The molecule has 0 radical (unpaired) electrons. The molecule has 1 aromatic carbocycles. The lowest BCUT2D eigenvalue weighted by Gasteiger charge is -2.34. The molecule has 1 fully saturated rings. The van der Waals surface area contributed by atoms with Gasteiger partial charge in [0.1, 0.15) is 12.0 Å². The number of nitrogens with zero attached hydrogens (tertiary/aromatic N) is 2. The van der Waals surface area contributed by atoms with E-state index in [1.54, 1.807) is 6.07 Å². The van der Waals surface area contributed by atoms with Crippen molar-refractivity contribution in [2.75, 3.05) is 32.7 Å². The number of halogens is 3. The van der Waals surface area contributed by atoms with E-state index in [1.807, 2.05) is 0 Å². The van der Waals surface area contributed by atoms with E-state index in [9.17, 15) is 4.79 Å². The predicted octanol–water partition coefficient (Wildman–Crippen LogP) is 3.07. The number of benzene rings is 1. The van der Waals surface area contributed by atoms with Crippen LogP contribution in [0.4, 0.5) is 0 Å². The molecular weight excluding hydrogens is 435 g/mol. The lowest BCUT2D eigenvalue weighted by Crippen LogP contribution is -2.45. The van der Waals surface area contributed by atoms with E-state index in [0.29, 0.717) is 24.4 Å². The normalized spacial score (nSPS) is 14.3. The van der Waals surface area contributed by atoms with E-state index in [4.69, 9.17) is 10.2 Å². The van der Waals surface area contributed by atoms with Crippen LogP contribution in [0.1, 0.15) is 34.2 Å². The van der Waals surface area contributed by atoms with Crippen LogP contribution in [-0.2, 0) is 19.6 Å². The number of furan rings is 1. The van der Waals surface area contributed by atoms with Crippen LogP contribution >= 0.6 is 37.2 Å². The molecule has 3 rings (SSSR count). The molecule has 164 valence electrons.